The molecule has 1 atom stereocenters. The second-order valence-corrected chi connectivity index (χ2v) is 5.22. The van der Waals surface area contributed by atoms with Crippen molar-refractivity contribution in [3.63, 3.8) is 0 Å². The van der Waals surface area contributed by atoms with Crippen molar-refractivity contribution in [1.82, 2.24) is 10.3 Å². The monoisotopic (exact) mass is 283 g/mol. The van der Waals surface area contributed by atoms with Gasteiger partial charge in [0, 0.05) is 6.42 Å². The number of hydrazone groups is 1. The molecule has 0 aromatic rings. The van der Waals surface area contributed by atoms with Crippen LogP contribution in [0.1, 0.15) is 27.2 Å². The van der Waals surface area contributed by atoms with E-state index in [1.54, 1.807) is 20.8 Å². The first-order valence-corrected chi connectivity index (χ1v) is 6.37. The minimum Gasteiger partial charge on any atom is -0.464 e. The third-order valence-electron chi connectivity index (χ3n) is 2.94. The predicted molar refractivity (Wildman–Crippen MR) is 67.9 cm³/mol. The van der Waals surface area contributed by atoms with Gasteiger partial charge in [-0.2, -0.15) is 5.10 Å². The molecule has 8 nitrogen and oxygen atoms in total. The summed E-state index contributed by atoms with van der Waals surface area (Å²) in [6, 6.07) is -0.680. The van der Waals surface area contributed by atoms with E-state index >= 15 is 0 Å². The van der Waals surface area contributed by atoms with Crippen LogP contribution in [-0.2, 0) is 19.1 Å². The van der Waals surface area contributed by atoms with Gasteiger partial charge < -0.3 is 9.47 Å². The van der Waals surface area contributed by atoms with Crippen LogP contribution in [0.3, 0.4) is 0 Å². The Morgan fingerprint density at radius 2 is 2.25 bits per heavy atom. The van der Waals surface area contributed by atoms with Crippen LogP contribution in [0.4, 0.5) is 4.79 Å². The maximum Gasteiger partial charge on any atom is 0.417 e. The minimum atomic E-state index is -0.708. The number of esters is 1. The fourth-order valence-corrected chi connectivity index (χ4v) is 2.03. The molecule has 2 aliphatic rings. The Kier molecular flexibility index (Phi) is 3.65. The molecule has 110 valence electrons. The number of carbonyl (C=O) groups excluding carboxylic acids is 3. The molecule has 2 amide bonds. The molecule has 0 radical (unpaired) electrons. The maximum atomic E-state index is 12.2. The van der Waals surface area contributed by atoms with E-state index in [4.69, 9.17) is 9.47 Å². The molecule has 1 saturated heterocycles. The molecule has 1 unspecified atom stereocenters. The molecule has 0 bridgehead atoms. The highest BCUT2D eigenvalue weighted by Crippen LogP contribution is 2.22. The molecule has 1 N–H and O–H groups in total. The summed E-state index contributed by atoms with van der Waals surface area (Å²) in [4.78, 5) is 36.3. The SMILES string of the molecule is CCOC(=O)C1CC(C(=O)N2CC(C)(C)OC2=O)=NN1. The minimum absolute atomic E-state index is 0.0991. The van der Waals surface area contributed by atoms with Gasteiger partial charge in [-0.25, -0.2) is 14.5 Å². The van der Waals surface area contributed by atoms with E-state index < -0.39 is 29.6 Å². The Morgan fingerprint density at radius 3 is 2.80 bits per heavy atom. The fourth-order valence-electron chi connectivity index (χ4n) is 2.03. The van der Waals surface area contributed by atoms with Crippen molar-refractivity contribution in [2.45, 2.75) is 38.8 Å². The first kappa shape index (κ1) is 14.3. The van der Waals surface area contributed by atoms with Crippen molar-refractivity contribution in [3.8, 4) is 0 Å². The molecule has 8 heteroatoms. The van der Waals surface area contributed by atoms with E-state index in [1.807, 2.05) is 0 Å². The van der Waals surface area contributed by atoms with Crippen LogP contribution < -0.4 is 5.43 Å². The van der Waals surface area contributed by atoms with E-state index in [-0.39, 0.29) is 25.3 Å². The average Bonchev–Trinajstić information content (AvgIpc) is 2.93. The lowest BCUT2D eigenvalue weighted by atomic mass is 10.1. The van der Waals surface area contributed by atoms with Gasteiger partial charge in [-0.05, 0) is 20.8 Å². The lowest BCUT2D eigenvalue weighted by Gasteiger charge is -2.14. The lowest BCUT2D eigenvalue weighted by Crippen LogP contribution is -2.39. The lowest BCUT2D eigenvalue weighted by molar-refractivity contribution is -0.145. The molecule has 0 aromatic carbocycles. The molecule has 20 heavy (non-hydrogen) atoms. The molecule has 0 saturated carbocycles. The van der Waals surface area contributed by atoms with E-state index in [1.165, 1.54) is 0 Å². The first-order chi connectivity index (χ1) is 9.34. The van der Waals surface area contributed by atoms with Gasteiger partial charge in [0.25, 0.3) is 5.91 Å². The molecule has 2 heterocycles. The highest BCUT2D eigenvalue weighted by molar-refractivity contribution is 6.41. The number of ether oxygens (including phenoxy) is 2. The molecule has 0 spiro atoms. The average molecular weight is 283 g/mol. The van der Waals surface area contributed by atoms with Gasteiger partial charge in [0.2, 0.25) is 0 Å². The van der Waals surface area contributed by atoms with E-state index in [2.05, 4.69) is 10.5 Å². The first-order valence-electron chi connectivity index (χ1n) is 6.37. The quantitative estimate of drug-likeness (QED) is 0.734. The third kappa shape index (κ3) is 2.73. The van der Waals surface area contributed by atoms with Crippen molar-refractivity contribution >= 4 is 23.7 Å². The Hall–Kier alpha value is -2.12. The summed E-state index contributed by atoms with van der Waals surface area (Å²) >= 11 is 0. The Bertz CT molecular complexity index is 485. The van der Waals surface area contributed by atoms with Crippen molar-refractivity contribution < 1.29 is 23.9 Å². The highest BCUT2D eigenvalue weighted by Gasteiger charge is 2.43. The zero-order valence-electron chi connectivity index (χ0n) is 11.6. The number of imide groups is 1. The standard InChI is InChI=1S/C12H17N3O5/c1-4-19-10(17)8-5-7(13-14-8)9(16)15-6-12(2,3)20-11(15)18/h8,14H,4-6H2,1-3H3. The Morgan fingerprint density at radius 1 is 1.55 bits per heavy atom. The topological polar surface area (TPSA) is 97.3 Å². The molecule has 1 fully saturated rings. The summed E-state index contributed by atoms with van der Waals surface area (Å²) in [5.41, 5.74) is 1.96. The highest BCUT2D eigenvalue weighted by atomic mass is 16.6. The van der Waals surface area contributed by atoms with Gasteiger partial charge >= 0.3 is 12.1 Å². The van der Waals surface area contributed by atoms with E-state index in [9.17, 15) is 14.4 Å². The van der Waals surface area contributed by atoms with Gasteiger partial charge in [-0.15, -0.1) is 0 Å². The summed E-state index contributed by atoms with van der Waals surface area (Å²) in [5.74, 6) is -1.01. The summed E-state index contributed by atoms with van der Waals surface area (Å²) in [6.45, 7) is 5.55. The number of nitrogens with zero attached hydrogens (tertiary/aromatic N) is 2. The van der Waals surface area contributed by atoms with Crippen molar-refractivity contribution in [2.75, 3.05) is 13.2 Å². The van der Waals surface area contributed by atoms with Gasteiger partial charge in [-0.3, -0.25) is 10.2 Å². The Balaban J connectivity index is 1.99. The van der Waals surface area contributed by atoms with Gasteiger partial charge in [-0.1, -0.05) is 0 Å². The predicted octanol–water partition coefficient (Wildman–Crippen LogP) is 0.0248. The second kappa shape index (κ2) is 5.10. The van der Waals surface area contributed by atoms with E-state index in [0.29, 0.717) is 0 Å². The summed E-state index contributed by atoms with van der Waals surface area (Å²) in [6.07, 6.45) is -0.593. The van der Waals surface area contributed by atoms with Crippen LogP contribution >= 0.6 is 0 Å². The summed E-state index contributed by atoms with van der Waals surface area (Å²) in [5, 5.41) is 3.81. The summed E-state index contributed by atoms with van der Waals surface area (Å²) < 4.78 is 9.90. The largest absolute Gasteiger partial charge is 0.464 e. The van der Waals surface area contributed by atoms with Gasteiger partial charge in [0.05, 0.1) is 13.2 Å². The molecule has 0 aromatic heterocycles. The van der Waals surface area contributed by atoms with Crippen molar-refractivity contribution in [1.29, 1.82) is 0 Å². The van der Waals surface area contributed by atoms with Crippen LogP contribution in [-0.4, -0.2) is 53.4 Å². The van der Waals surface area contributed by atoms with Crippen LogP contribution in [0.2, 0.25) is 0 Å². The molecule has 2 rings (SSSR count). The summed E-state index contributed by atoms with van der Waals surface area (Å²) in [7, 11) is 0. The van der Waals surface area contributed by atoms with Gasteiger partial charge in [0.1, 0.15) is 17.4 Å². The van der Waals surface area contributed by atoms with Crippen LogP contribution in [0.15, 0.2) is 5.10 Å². The van der Waals surface area contributed by atoms with Crippen molar-refractivity contribution in [2.24, 2.45) is 5.10 Å². The zero-order valence-corrected chi connectivity index (χ0v) is 11.6. The number of carbonyl (C=O) groups is 3. The third-order valence-corrected chi connectivity index (χ3v) is 2.94. The normalized spacial score (nSPS) is 23.9. The molecule has 2 aliphatic heterocycles. The van der Waals surface area contributed by atoms with Gasteiger partial charge in [0.15, 0.2) is 0 Å². The number of amides is 2. The Labute approximate surface area is 116 Å². The van der Waals surface area contributed by atoms with Crippen LogP contribution in [0, 0.1) is 0 Å². The maximum absolute atomic E-state index is 12.2. The van der Waals surface area contributed by atoms with Crippen LogP contribution in [0.25, 0.3) is 0 Å². The number of hydrogen-bond donors (Lipinski definition) is 1. The second-order valence-electron chi connectivity index (χ2n) is 5.22. The fraction of sp³-hybridized carbons (Fsp3) is 0.667. The number of nitrogens with one attached hydrogen (secondary N) is 1. The molecular weight excluding hydrogens is 266 g/mol. The molecule has 0 aliphatic carbocycles. The number of hydrogen-bond acceptors (Lipinski definition) is 7. The zero-order chi connectivity index (χ0) is 14.9. The van der Waals surface area contributed by atoms with Crippen molar-refractivity contribution in [3.05, 3.63) is 0 Å². The smallest absolute Gasteiger partial charge is 0.417 e. The molecular formula is C12H17N3O5. The number of rotatable bonds is 3. The number of cyclic esters (lactones) is 1. The van der Waals surface area contributed by atoms with Crippen LogP contribution in [0.5, 0.6) is 0 Å². The van der Waals surface area contributed by atoms with E-state index in [0.717, 1.165) is 4.90 Å².